The van der Waals surface area contributed by atoms with Crippen molar-refractivity contribution in [3.05, 3.63) is 65.2 Å². The molecule has 0 aliphatic rings. The number of carboxylic acids is 1. The summed E-state index contributed by atoms with van der Waals surface area (Å²) < 4.78 is 0. The average Bonchev–Trinajstić information content (AvgIpc) is 2.64. The first-order valence-electron chi connectivity index (χ1n) is 8.48. The molecule has 2 rings (SSSR count). The van der Waals surface area contributed by atoms with Crippen molar-refractivity contribution in [3.63, 3.8) is 0 Å². The Morgan fingerprint density at radius 3 is 2.33 bits per heavy atom. The van der Waals surface area contributed by atoms with Gasteiger partial charge >= 0.3 is 5.97 Å². The van der Waals surface area contributed by atoms with E-state index in [0.29, 0.717) is 5.56 Å². The Kier molecular flexibility index (Phi) is 7.43. The van der Waals surface area contributed by atoms with Gasteiger partial charge in [-0.05, 0) is 43.7 Å². The molecule has 6 nitrogen and oxygen atoms in total. The lowest BCUT2D eigenvalue weighted by Crippen LogP contribution is -2.31. The van der Waals surface area contributed by atoms with Crippen LogP contribution in [-0.2, 0) is 11.3 Å². The molecule has 7 heteroatoms. The summed E-state index contributed by atoms with van der Waals surface area (Å²) in [4.78, 5) is 35.9. The van der Waals surface area contributed by atoms with Gasteiger partial charge in [-0.25, -0.2) is 4.79 Å². The van der Waals surface area contributed by atoms with Gasteiger partial charge in [-0.2, -0.15) is 0 Å². The first kappa shape index (κ1) is 20.5. The molecule has 0 bridgehead atoms. The fourth-order valence-electron chi connectivity index (χ4n) is 2.33. The second-order valence-corrected chi connectivity index (χ2v) is 7.21. The quantitative estimate of drug-likeness (QED) is 0.606. The summed E-state index contributed by atoms with van der Waals surface area (Å²) in [7, 11) is 0. The highest BCUT2D eigenvalue weighted by Crippen LogP contribution is 2.22. The van der Waals surface area contributed by atoms with Gasteiger partial charge in [0, 0.05) is 17.5 Å². The van der Waals surface area contributed by atoms with Gasteiger partial charge in [0.2, 0.25) is 5.91 Å². The van der Waals surface area contributed by atoms with E-state index in [2.05, 4.69) is 10.6 Å². The molecular weight excluding hydrogens is 364 g/mol. The predicted molar refractivity (Wildman–Crippen MR) is 105 cm³/mol. The molecule has 0 aliphatic heterocycles. The van der Waals surface area contributed by atoms with Gasteiger partial charge in [0.05, 0.1) is 16.9 Å². The molecule has 0 aliphatic carbocycles. The highest BCUT2D eigenvalue weighted by atomic mass is 32.2. The lowest BCUT2D eigenvalue weighted by Gasteiger charge is -2.11. The van der Waals surface area contributed by atoms with Crippen LogP contribution in [-0.4, -0.2) is 34.7 Å². The zero-order chi connectivity index (χ0) is 19.8. The van der Waals surface area contributed by atoms with Crippen LogP contribution in [0.4, 0.5) is 0 Å². The predicted octanol–water partition coefficient (Wildman–Crippen LogP) is 2.93. The van der Waals surface area contributed by atoms with E-state index in [-0.39, 0.29) is 35.7 Å². The van der Waals surface area contributed by atoms with E-state index in [1.54, 1.807) is 24.3 Å². The van der Waals surface area contributed by atoms with Crippen LogP contribution >= 0.6 is 11.8 Å². The van der Waals surface area contributed by atoms with Crippen LogP contribution in [0.3, 0.4) is 0 Å². The number of benzene rings is 2. The number of aromatic carboxylic acids is 1. The zero-order valence-electron chi connectivity index (χ0n) is 15.2. The maximum Gasteiger partial charge on any atom is 0.335 e. The van der Waals surface area contributed by atoms with Crippen LogP contribution in [0.25, 0.3) is 0 Å². The highest BCUT2D eigenvalue weighted by molar-refractivity contribution is 8.00. The molecule has 3 N–H and O–H groups in total. The van der Waals surface area contributed by atoms with Crippen molar-refractivity contribution in [1.29, 1.82) is 0 Å². The first-order chi connectivity index (χ1) is 12.9. The third kappa shape index (κ3) is 6.45. The van der Waals surface area contributed by atoms with E-state index in [1.807, 2.05) is 26.0 Å². The molecule has 0 saturated carbocycles. The Balaban J connectivity index is 1.97. The largest absolute Gasteiger partial charge is 0.478 e. The maximum absolute atomic E-state index is 12.5. The van der Waals surface area contributed by atoms with E-state index in [1.165, 1.54) is 23.9 Å². The van der Waals surface area contributed by atoms with E-state index in [4.69, 9.17) is 5.11 Å². The standard InChI is InChI=1S/C20H22N2O4S/c1-13(2)22-18(23)12-27-17-6-4-3-5-16(17)19(24)21-11-14-7-9-15(10-8-14)20(25)26/h3-10,13H,11-12H2,1-2H3,(H,21,24)(H,22,23)(H,25,26). The molecule has 0 aromatic heterocycles. The first-order valence-corrected chi connectivity index (χ1v) is 9.47. The number of amides is 2. The number of nitrogens with one attached hydrogen (secondary N) is 2. The summed E-state index contributed by atoms with van der Waals surface area (Å²) in [6, 6.07) is 13.5. The van der Waals surface area contributed by atoms with Crippen LogP contribution < -0.4 is 10.6 Å². The Labute approximate surface area is 162 Å². The molecule has 2 aromatic carbocycles. The van der Waals surface area contributed by atoms with Crippen molar-refractivity contribution >= 4 is 29.5 Å². The van der Waals surface area contributed by atoms with Crippen molar-refractivity contribution in [2.45, 2.75) is 31.3 Å². The summed E-state index contributed by atoms with van der Waals surface area (Å²) in [5, 5.41) is 14.6. The van der Waals surface area contributed by atoms with Gasteiger partial charge < -0.3 is 15.7 Å². The highest BCUT2D eigenvalue weighted by Gasteiger charge is 2.13. The summed E-state index contributed by atoms with van der Waals surface area (Å²) in [5.41, 5.74) is 1.50. The number of thioether (sulfide) groups is 1. The van der Waals surface area contributed by atoms with Crippen LogP contribution in [0, 0.1) is 0 Å². The molecule has 0 radical (unpaired) electrons. The summed E-state index contributed by atoms with van der Waals surface area (Å²) in [5.74, 6) is -1.08. The lowest BCUT2D eigenvalue weighted by molar-refractivity contribution is -0.119. The molecule has 0 fully saturated rings. The fraction of sp³-hybridized carbons (Fsp3) is 0.250. The number of carboxylic acid groups (broad SMARTS) is 1. The van der Waals surface area contributed by atoms with E-state index in [9.17, 15) is 14.4 Å². The number of carbonyl (C=O) groups is 3. The molecule has 0 atom stereocenters. The van der Waals surface area contributed by atoms with Crippen molar-refractivity contribution in [2.75, 3.05) is 5.75 Å². The smallest absolute Gasteiger partial charge is 0.335 e. The van der Waals surface area contributed by atoms with Gasteiger partial charge in [-0.3, -0.25) is 9.59 Å². The molecule has 0 spiro atoms. The van der Waals surface area contributed by atoms with Gasteiger partial charge in [0.1, 0.15) is 0 Å². The SMILES string of the molecule is CC(C)NC(=O)CSc1ccccc1C(=O)NCc1ccc(C(=O)O)cc1. The lowest BCUT2D eigenvalue weighted by atomic mass is 10.1. The van der Waals surface area contributed by atoms with Crippen LogP contribution in [0.2, 0.25) is 0 Å². The van der Waals surface area contributed by atoms with Crippen LogP contribution in [0.5, 0.6) is 0 Å². The zero-order valence-corrected chi connectivity index (χ0v) is 16.0. The van der Waals surface area contributed by atoms with Crippen molar-refractivity contribution in [1.82, 2.24) is 10.6 Å². The fourth-order valence-corrected chi connectivity index (χ4v) is 3.19. The summed E-state index contributed by atoms with van der Waals surface area (Å²) in [6.45, 7) is 4.07. The molecule has 0 saturated heterocycles. The van der Waals surface area contributed by atoms with Crippen LogP contribution in [0.1, 0.15) is 40.1 Å². The molecule has 27 heavy (non-hydrogen) atoms. The monoisotopic (exact) mass is 386 g/mol. The Morgan fingerprint density at radius 1 is 1.04 bits per heavy atom. The van der Waals surface area contributed by atoms with Crippen LogP contribution in [0.15, 0.2) is 53.4 Å². The van der Waals surface area contributed by atoms with E-state index < -0.39 is 5.97 Å². The number of hydrogen-bond acceptors (Lipinski definition) is 4. The van der Waals surface area contributed by atoms with E-state index in [0.717, 1.165) is 10.5 Å². The van der Waals surface area contributed by atoms with Gasteiger partial charge in [-0.1, -0.05) is 24.3 Å². The van der Waals surface area contributed by atoms with E-state index >= 15 is 0 Å². The summed E-state index contributed by atoms with van der Waals surface area (Å²) >= 11 is 1.31. The molecular formula is C20H22N2O4S. The van der Waals surface area contributed by atoms with Gasteiger partial charge in [0.15, 0.2) is 0 Å². The van der Waals surface area contributed by atoms with Crippen molar-refractivity contribution in [3.8, 4) is 0 Å². The minimum Gasteiger partial charge on any atom is -0.478 e. The third-order valence-corrected chi connectivity index (χ3v) is 4.67. The topological polar surface area (TPSA) is 95.5 Å². The van der Waals surface area contributed by atoms with Crippen molar-refractivity contribution < 1.29 is 19.5 Å². The molecule has 0 heterocycles. The number of rotatable bonds is 8. The number of carbonyl (C=O) groups excluding carboxylic acids is 2. The summed E-state index contributed by atoms with van der Waals surface area (Å²) in [6.07, 6.45) is 0. The molecule has 2 aromatic rings. The Morgan fingerprint density at radius 2 is 1.70 bits per heavy atom. The third-order valence-electron chi connectivity index (χ3n) is 3.59. The molecule has 2 amide bonds. The average molecular weight is 386 g/mol. The van der Waals surface area contributed by atoms with Gasteiger partial charge in [0.25, 0.3) is 5.91 Å². The Bertz CT molecular complexity index is 819. The molecule has 142 valence electrons. The second kappa shape index (κ2) is 9.78. The second-order valence-electron chi connectivity index (χ2n) is 6.19. The normalized spacial score (nSPS) is 10.5. The minimum absolute atomic E-state index is 0.0733. The van der Waals surface area contributed by atoms with Gasteiger partial charge in [-0.15, -0.1) is 11.8 Å². The molecule has 0 unspecified atom stereocenters. The maximum atomic E-state index is 12.5. The minimum atomic E-state index is -0.988. The number of hydrogen-bond donors (Lipinski definition) is 3. The van der Waals surface area contributed by atoms with Crippen molar-refractivity contribution in [2.24, 2.45) is 0 Å². The Hall–Kier alpha value is -2.80.